The number of halogens is 1. The minimum atomic E-state index is -1.01. The van der Waals surface area contributed by atoms with Crippen molar-refractivity contribution in [2.45, 2.75) is 91.0 Å². The summed E-state index contributed by atoms with van der Waals surface area (Å²) in [5, 5.41) is 16.8. The fourth-order valence-electron chi connectivity index (χ4n) is 6.45. The summed E-state index contributed by atoms with van der Waals surface area (Å²) in [4.78, 5) is 59.8. The fourth-order valence-corrected chi connectivity index (χ4v) is 7.04. The number of esters is 1. The Morgan fingerprint density at radius 3 is 2.33 bits per heavy atom. The van der Waals surface area contributed by atoms with Crippen LogP contribution in [0.25, 0.3) is 10.9 Å². The van der Waals surface area contributed by atoms with Crippen LogP contribution in [-0.2, 0) is 30.3 Å². The molecule has 0 saturated carbocycles. The quantitative estimate of drug-likeness (QED) is 0.190. The molecule has 0 bridgehead atoms. The van der Waals surface area contributed by atoms with Crippen LogP contribution in [0.1, 0.15) is 77.5 Å². The van der Waals surface area contributed by atoms with Crippen molar-refractivity contribution in [2.75, 3.05) is 7.05 Å². The Balaban J connectivity index is 1.76. The number of nitrogens with zero attached hydrogens (tertiary/aromatic N) is 1. The number of phenols is 1. The summed E-state index contributed by atoms with van der Waals surface area (Å²) in [6, 6.07) is 11.3. The molecule has 11 heteroatoms. The number of H-pyrrole nitrogens is 1. The number of aromatic hydroxyl groups is 1. The van der Waals surface area contributed by atoms with Gasteiger partial charge in [0.05, 0.1) is 23.2 Å². The lowest BCUT2D eigenvalue weighted by Gasteiger charge is -2.32. The fraction of sp³-hybridized carbons (Fsp3) is 0.459. The number of carbonyl (C=O) groups is 4. The standard InChI is InChI=1S/C37H47BrN4O6/c1-7-29-37(47)42(6)32(19-28-27-10-8-9-11-30(27)39-34(28)38)36(46)41-31(25-12-14-26(43)15-13-25)20-33(44)48-24(5)18-22(3)16-21(2)17-23(4)35(45)40-29/h8-16,22-24,29,31-32,39,43H,7,17-20H2,1-6H3,(H,40,45)(H,41,46)/b21-16+/t22?,23-,24-,29+,31+,32?/m0/s1. The molecule has 2 aromatic carbocycles. The minimum Gasteiger partial charge on any atom is -0.508 e. The van der Waals surface area contributed by atoms with E-state index in [0.717, 1.165) is 22.0 Å². The second kappa shape index (κ2) is 16.3. The van der Waals surface area contributed by atoms with E-state index in [2.05, 4.69) is 37.6 Å². The monoisotopic (exact) mass is 722 g/mol. The summed E-state index contributed by atoms with van der Waals surface area (Å²) in [6.45, 7) is 9.50. The number of allylic oxidation sites excluding steroid dienone is 2. The second-order valence-electron chi connectivity index (χ2n) is 13.1. The maximum atomic E-state index is 14.4. The summed E-state index contributed by atoms with van der Waals surface area (Å²) in [5.74, 6) is -1.86. The number of aromatic amines is 1. The first-order valence-corrected chi connectivity index (χ1v) is 17.3. The highest BCUT2D eigenvalue weighted by Crippen LogP contribution is 2.30. The molecule has 3 aromatic rings. The van der Waals surface area contributed by atoms with E-state index in [0.29, 0.717) is 29.4 Å². The predicted octanol–water partition coefficient (Wildman–Crippen LogP) is 6.09. The number of para-hydroxylation sites is 1. The Morgan fingerprint density at radius 1 is 0.958 bits per heavy atom. The van der Waals surface area contributed by atoms with Crippen LogP contribution in [0.15, 0.2) is 64.8 Å². The van der Waals surface area contributed by atoms with Gasteiger partial charge in [0.2, 0.25) is 17.7 Å². The molecule has 0 spiro atoms. The maximum Gasteiger partial charge on any atom is 0.308 e. The van der Waals surface area contributed by atoms with Gasteiger partial charge in [-0.3, -0.25) is 19.2 Å². The zero-order valence-corrected chi connectivity index (χ0v) is 30.1. The molecular formula is C37H47BrN4O6. The van der Waals surface area contributed by atoms with Gasteiger partial charge in [0.1, 0.15) is 17.8 Å². The second-order valence-corrected chi connectivity index (χ2v) is 13.9. The number of amides is 3. The number of nitrogens with one attached hydrogen (secondary N) is 3. The van der Waals surface area contributed by atoms with Crippen LogP contribution in [-0.4, -0.2) is 63.9 Å². The molecule has 4 N–H and O–H groups in total. The average molecular weight is 724 g/mol. The van der Waals surface area contributed by atoms with E-state index < -0.39 is 42.0 Å². The van der Waals surface area contributed by atoms with Crippen LogP contribution in [0.2, 0.25) is 0 Å². The van der Waals surface area contributed by atoms with Crippen molar-refractivity contribution in [3.63, 3.8) is 0 Å². The van der Waals surface area contributed by atoms with Gasteiger partial charge < -0.3 is 30.4 Å². The third-order valence-electron chi connectivity index (χ3n) is 8.96. The molecule has 3 amide bonds. The van der Waals surface area contributed by atoms with Crippen molar-refractivity contribution < 1.29 is 29.0 Å². The number of hydrogen-bond donors (Lipinski definition) is 4. The molecule has 4 rings (SSSR count). The highest BCUT2D eigenvalue weighted by molar-refractivity contribution is 9.10. The van der Waals surface area contributed by atoms with Gasteiger partial charge in [-0.1, -0.05) is 62.8 Å². The van der Waals surface area contributed by atoms with Crippen molar-refractivity contribution in [3.8, 4) is 5.75 Å². The van der Waals surface area contributed by atoms with Crippen molar-refractivity contribution in [2.24, 2.45) is 11.8 Å². The zero-order chi connectivity index (χ0) is 35.1. The van der Waals surface area contributed by atoms with Crippen LogP contribution in [0.3, 0.4) is 0 Å². The molecule has 1 aliphatic rings. The lowest BCUT2D eigenvalue weighted by atomic mass is 9.95. The normalized spacial score (nSPS) is 26.8. The molecule has 1 aromatic heterocycles. The van der Waals surface area contributed by atoms with Gasteiger partial charge >= 0.3 is 5.97 Å². The van der Waals surface area contributed by atoms with E-state index in [-0.39, 0.29) is 36.3 Å². The topological polar surface area (TPSA) is 141 Å². The first kappa shape index (κ1) is 36.7. The van der Waals surface area contributed by atoms with E-state index in [9.17, 15) is 24.3 Å². The molecule has 48 heavy (non-hydrogen) atoms. The summed E-state index contributed by atoms with van der Waals surface area (Å²) < 4.78 is 6.49. The van der Waals surface area contributed by atoms with E-state index in [1.807, 2.05) is 58.9 Å². The molecule has 1 aliphatic heterocycles. The van der Waals surface area contributed by atoms with Gasteiger partial charge in [-0.2, -0.15) is 0 Å². The van der Waals surface area contributed by atoms with Crippen LogP contribution in [0, 0.1) is 11.8 Å². The third-order valence-corrected chi connectivity index (χ3v) is 9.64. The number of hydrogen-bond acceptors (Lipinski definition) is 6. The molecule has 0 radical (unpaired) electrons. The maximum absolute atomic E-state index is 14.4. The lowest BCUT2D eigenvalue weighted by molar-refractivity contribution is -0.150. The Morgan fingerprint density at radius 2 is 1.65 bits per heavy atom. The molecule has 2 unspecified atom stereocenters. The number of cyclic esters (lactones) is 1. The van der Waals surface area contributed by atoms with Crippen LogP contribution < -0.4 is 10.6 Å². The molecule has 2 heterocycles. The van der Waals surface area contributed by atoms with Crippen LogP contribution >= 0.6 is 15.9 Å². The summed E-state index contributed by atoms with van der Waals surface area (Å²) in [7, 11) is 1.57. The Kier molecular flexibility index (Phi) is 12.5. The number of phenolic OH excluding ortho intramolecular Hbond substituents is 1. The first-order chi connectivity index (χ1) is 22.8. The smallest absolute Gasteiger partial charge is 0.308 e. The van der Waals surface area contributed by atoms with Gasteiger partial charge in [0.15, 0.2) is 0 Å². The average Bonchev–Trinajstić information content (AvgIpc) is 3.35. The number of fused-ring (bicyclic) bond motifs is 1. The number of carbonyl (C=O) groups excluding carboxylic acids is 4. The third kappa shape index (κ3) is 9.27. The van der Waals surface area contributed by atoms with Crippen molar-refractivity contribution in [1.29, 1.82) is 0 Å². The summed E-state index contributed by atoms with van der Waals surface area (Å²) in [5.41, 5.74) is 3.30. The number of rotatable bonds is 4. The SMILES string of the molecule is CC[C@H]1NC(=O)[C@@H](C)C/C(C)=C/C(C)C[C@H](C)OC(=O)C[C@H](c2ccc(O)cc2)NC(=O)C(Cc2c(Br)[nH]c3ccccc23)N(C)C1=O. The Labute approximate surface area is 290 Å². The van der Waals surface area contributed by atoms with E-state index in [1.54, 1.807) is 19.2 Å². The molecule has 0 fully saturated rings. The van der Waals surface area contributed by atoms with Crippen molar-refractivity contribution in [1.82, 2.24) is 20.5 Å². The molecule has 258 valence electrons. The Hall–Kier alpha value is -4.12. The first-order valence-electron chi connectivity index (χ1n) is 16.6. The minimum absolute atomic E-state index is 0.0454. The lowest BCUT2D eigenvalue weighted by Crippen LogP contribution is -2.55. The number of benzene rings is 2. The highest BCUT2D eigenvalue weighted by atomic mass is 79.9. The van der Waals surface area contributed by atoms with Gasteiger partial charge in [0, 0.05) is 30.3 Å². The summed E-state index contributed by atoms with van der Waals surface area (Å²) >= 11 is 3.61. The predicted molar refractivity (Wildman–Crippen MR) is 189 cm³/mol. The summed E-state index contributed by atoms with van der Waals surface area (Å²) in [6.07, 6.45) is 3.11. The number of aromatic nitrogens is 1. The van der Waals surface area contributed by atoms with E-state index in [4.69, 9.17) is 4.74 Å². The Bertz CT molecular complexity index is 1650. The largest absolute Gasteiger partial charge is 0.508 e. The van der Waals surface area contributed by atoms with Gasteiger partial charge in [-0.05, 0) is 84.3 Å². The van der Waals surface area contributed by atoms with Gasteiger partial charge in [0.25, 0.3) is 0 Å². The molecule has 0 aliphatic carbocycles. The van der Waals surface area contributed by atoms with E-state index in [1.165, 1.54) is 17.0 Å². The van der Waals surface area contributed by atoms with Crippen molar-refractivity contribution in [3.05, 3.63) is 75.9 Å². The highest BCUT2D eigenvalue weighted by Gasteiger charge is 2.35. The van der Waals surface area contributed by atoms with Gasteiger partial charge in [-0.15, -0.1) is 0 Å². The van der Waals surface area contributed by atoms with Crippen LogP contribution in [0.4, 0.5) is 0 Å². The molecular weight excluding hydrogens is 676 g/mol. The number of likely N-dealkylation sites (N-methyl/N-ethyl adjacent to an activating group) is 1. The van der Waals surface area contributed by atoms with E-state index >= 15 is 0 Å². The molecule has 10 nitrogen and oxygen atoms in total. The van der Waals surface area contributed by atoms with Crippen molar-refractivity contribution >= 4 is 50.5 Å². The molecule has 0 saturated heterocycles. The number of ether oxygens (including phenoxy) is 1. The van der Waals surface area contributed by atoms with Crippen LogP contribution in [0.5, 0.6) is 5.75 Å². The van der Waals surface area contributed by atoms with Gasteiger partial charge in [-0.25, -0.2) is 0 Å². The zero-order valence-electron chi connectivity index (χ0n) is 28.5. The molecule has 6 atom stereocenters.